The lowest BCUT2D eigenvalue weighted by Crippen LogP contribution is -2.47. The van der Waals surface area contributed by atoms with Gasteiger partial charge in [0.25, 0.3) is 5.91 Å². The van der Waals surface area contributed by atoms with Gasteiger partial charge in [-0.1, -0.05) is 42.0 Å². The van der Waals surface area contributed by atoms with Crippen LogP contribution in [0, 0.1) is 0 Å². The molecule has 134 valence electrons. The molecule has 0 saturated carbocycles. The van der Waals surface area contributed by atoms with E-state index in [0.717, 1.165) is 16.8 Å². The van der Waals surface area contributed by atoms with Crippen LogP contribution in [0.5, 0.6) is 0 Å². The number of benzene rings is 1. The molecule has 4 rings (SSSR count). The fourth-order valence-electron chi connectivity index (χ4n) is 3.23. The predicted octanol–water partition coefficient (Wildman–Crippen LogP) is 4.56. The number of nitrogens with zero attached hydrogens (tertiary/aromatic N) is 2. The number of carbonyl (C=O) groups is 1. The zero-order valence-corrected chi connectivity index (χ0v) is 15.6. The average molecular weight is 376 g/mol. The summed E-state index contributed by atoms with van der Waals surface area (Å²) in [5, 5.41) is 3.70. The molecule has 1 aliphatic rings. The van der Waals surface area contributed by atoms with Gasteiger partial charge in [-0.3, -0.25) is 14.8 Å². The maximum Gasteiger partial charge on any atom is 0.251 e. The van der Waals surface area contributed by atoms with Crippen LogP contribution in [0.3, 0.4) is 0 Å². The molecule has 1 unspecified atom stereocenters. The van der Waals surface area contributed by atoms with Gasteiger partial charge in [0.2, 0.25) is 0 Å². The Morgan fingerprint density at radius 1 is 1.07 bits per heavy atom. The zero-order chi connectivity index (χ0) is 18.9. The lowest BCUT2D eigenvalue weighted by molar-refractivity contribution is 0.0922. The molecule has 0 radical (unpaired) electrons. The molecule has 2 aromatic heterocycles. The van der Waals surface area contributed by atoms with E-state index in [-0.39, 0.29) is 5.91 Å². The first-order valence-corrected chi connectivity index (χ1v) is 9.08. The van der Waals surface area contributed by atoms with E-state index in [0.29, 0.717) is 22.7 Å². The minimum atomic E-state index is -0.471. The highest BCUT2D eigenvalue weighted by Crippen LogP contribution is 2.26. The van der Waals surface area contributed by atoms with Crippen LogP contribution >= 0.6 is 11.6 Å². The van der Waals surface area contributed by atoms with Crippen LogP contribution < -0.4 is 5.32 Å². The second-order valence-electron chi connectivity index (χ2n) is 6.83. The van der Waals surface area contributed by atoms with Gasteiger partial charge in [0.05, 0.1) is 21.9 Å². The maximum atomic E-state index is 12.7. The van der Waals surface area contributed by atoms with Gasteiger partial charge in [-0.05, 0) is 42.8 Å². The van der Waals surface area contributed by atoms with Gasteiger partial charge in [0.1, 0.15) is 0 Å². The number of amides is 1. The van der Waals surface area contributed by atoms with Crippen LogP contribution in [0.4, 0.5) is 0 Å². The summed E-state index contributed by atoms with van der Waals surface area (Å²) in [4.78, 5) is 21.5. The first kappa shape index (κ1) is 17.4. The third-order valence-electron chi connectivity index (χ3n) is 4.67. The average Bonchev–Trinajstić information content (AvgIpc) is 2.68. The van der Waals surface area contributed by atoms with Crippen LogP contribution in [0.15, 0.2) is 67.0 Å². The van der Waals surface area contributed by atoms with E-state index in [9.17, 15) is 4.79 Å². The van der Waals surface area contributed by atoms with E-state index in [4.69, 9.17) is 11.6 Å². The minimum Gasteiger partial charge on any atom is -0.343 e. The highest BCUT2D eigenvalue weighted by atomic mass is 35.5. The molecule has 0 spiro atoms. The predicted molar refractivity (Wildman–Crippen MR) is 108 cm³/mol. The number of nitrogens with one attached hydrogen (secondary N) is 1. The molecule has 0 bridgehead atoms. The number of hydrogen-bond acceptors (Lipinski definition) is 3. The summed E-state index contributed by atoms with van der Waals surface area (Å²) < 4.78 is 0. The van der Waals surface area contributed by atoms with Crippen molar-refractivity contribution in [2.24, 2.45) is 0 Å². The van der Waals surface area contributed by atoms with Crippen LogP contribution in [0.25, 0.3) is 17.3 Å². The number of halogens is 1. The molecule has 27 heavy (non-hydrogen) atoms. The van der Waals surface area contributed by atoms with Gasteiger partial charge < -0.3 is 5.32 Å². The zero-order valence-electron chi connectivity index (χ0n) is 14.8. The van der Waals surface area contributed by atoms with Crippen LogP contribution in [-0.2, 0) is 6.42 Å². The maximum absolute atomic E-state index is 12.7. The molecular weight excluding hydrogens is 358 g/mol. The van der Waals surface area contributed by atoms with Gasteiger partial charge in [0.15, 0.2) is 0 Å². The van der Waals surface area contributed by atoms with Crippen molar-refractivity contribution in [3.63, 3.8) is 0 Å². The number of aromatic nitrogens is 2. The van der Waals surface area contributed by atoms with Crippen LogP contribution in [0.1, 0.15) is 28.5 Å². The van der Waals surface area contributed by atoms with Gasteiger partial charge in [-0.25, -0.2) is 0 Å². The summed E-state index contributed by atoms with van der Waals surface area (Å²) >= 11 is 6.19. The second kappa shape index (κ2) is 6.97. The van der Waals surface area contributed by atoms with E-state index in [2.05, 4.69) is 15.3 Å². The Morgan fingerprint density at radius 2 is 1.81 bits per heavy atom. The number of fused-ring (bicyclic) bond motifs is 1. The highest BCUT2D eigenvalue weighted by Gasteiger charge is 2.28. The largest absolute Gasteiger partial charge is 0.343 e. The van der Waals surface area contributed by atoms with E-state index < -0.39 is 5.54 Å². The highest BCUT2D eigenvalue weighted by molar-refractivity contribution is 6.33. The summed E-state index contributed by atoms with van der Waals surface area (Å²) in [5.74, 6) is -0.125. The van der Waals surface area contributed by atoms with Crippen molar-refractivity contribution in [1.29, 1.82) is 0 Å². The SMILES string of the molecule is CC1(NC(=O)c2ccc(-c3ncccc3Cl)cc2)C=Cc2cccnc2C1. The van der Waals surface area contributed by atoms with Gasteiger partial charge >= 0.3 is 0 Å². The van der Waals surface area contributed by atoms with E-state index in [1.165, 1.54) is 0 Å². The Bertz CT molecular complexity index is 1030. The molecule has 0 saturated heterocycles. The third-order valence-corrected chi connectivity index (χ3v) is 4.97. The van der Waals surface area contributed by atoms with Gasteiger partial charge in [-0.15, -0.1) is 0 Å². The molecule has 5 heteroatoms. The van der Waals surface area contributed by atoms with Crippen LogP contribution in [0.2, 0.25) is 5.02 Å². The summed E-state index contributed by atoms with van der Waals surface area (Å²) in [6.45, 7) is 2.00. The van der Waals surface area contributed by atoms with Crippen LogP contribution in [-0.4, -0.2) is 21.4 Å². The van der Waals surface area contributed by atoms with Crippen molar-refractivity contribution in [3.05, 3.63) is 88.8 Å². The third kappa shape index (κ3) is 3.62. The molecule has 0 fully saturated rings. The molecule has 1 N–H and O–H groups in total. The molecular formula is C22H18ClN3O. The topological polar surface area (TPSA) is 54.9 Å². The first-order chi connectivity index (χ1) is 13.0. The summed E-state index contributed by atoms with van der Waals surface area (Å²) in [6, 6.07) is 14.8. The lowest BCUT2D eigenvalue weighted by Gasteiger charge is -2.30. The van der Waals surface area contributed by atoms with E-state index in [1.807, 2.05) is 43.3 Å². The first-order valence-electron chi connectivity index (χ1n) is 8.71. The molecule has 4 nitrogen and oxygen atoms in total. The van der Waals surface area contributed by atoms with Crippen molar-refractivity contribution in [2.75, 3.05) is 0 Å². The van der Waals surface area contributed by atoms with E-state index in [1.54, 1.807) is 36.7 Å². The monoisotopic (exact) mass is 375 g/mol. The number of hydrogen-bond donors (Lipinski definition) is 1. The summed E-state index contributed by atoms with van der Waals surface area (Å²) in [7, 11) is 0. The Kier molecular flexibility index (Phi) is 4.50. The van der Waals surface area contributed by atoms with Crippen molar-refractivity contribution in [3.8, 4) is 11.3 Å². The van der Waals surface area contributed by atoms with Crippen molar-refractivity contribution >= 4 is 23.6 Å². The molecule has 1 aliphatic carbocycles. The Hall–Kier alpha value is -2.98. The molecule has 2 heterocycles. The van der Waals surface area contributed by atoms with Gasteiger partial charge in [-0.2, -0.15) is 0 Å². The molecule has 1 atom stereocenters. The lowest BCUT2D eigenvalue weighted by atomic mass is 9.87. The summed E-state index contributed by atoms with van der Waals surface area (Å²) in [5.41, 5.74) is 3.78. The number of rotatable bonds is 3. The Balaban J connectivity index is 1.52. The molecule has 1 aromatic carbocycles. The normalized spacial score (nSPS) is 18.0. The fraction of sp³-hybridized carbons (Fsp3) is 0.136. The van der Waals surface area contributed by atoms with Crippen molar-refractivity contribution in [2.45, 2.75) is 18.9 Å². The smallest absolute Gasteiger partial charge is 0.251 e. The standard InChI is InChI=1S/C22H18ClN3O/c1-22(11-10-15-4-2-12-24-19(15)14-22)26-21(27)17-8-6-16(7-9-17)20-18(23)5-3-13-25-20/h2-13H,14H2,1H3,(H,26,27). The molecule has 1 amide bonds. The molecule has 0 aliphatic heterocycles. The summed E-state index contributed by atoms with van der Waals surface area (Å²) in [6.07, 6.45) is 8.17. The fourth-order valence-corrected chi connectivity index (χ4v) is 3.46. The van der Waals surface area contributed by atoms with Crippen molar-refractivity contribution < 1.29 is 4.79 Å². The number of pyridine rings is 2. The van der Waals surface area contributed by atoms with Gasteiger partial charge in [0, 0.05) is 29.9 Å². The Labute approximate surface area is 162 Å². The minimum absolute atomic E-state index is 0.125. The second-order valence-corrected chi connectivity index (χ2v) is 7.24. The quantitative estimate of drug-likeness (QED) is 0.730. The molecule has 3 aromatic rings. The Morgan fingerprint density at radius 3 is 2.59 bits per heavy atom. The van der Waals surface area contributed by atoms with E-state index >= 15 is 0 Å². The number of carbonyl (C=O) groups excluding carboxylic acids is 1. The van der Waals surface area contributed by atoms with Crippen molar-refractivity contribution in [1.82, 2.24) is 15.3 Å².